The number of nitriles is 1. The van der Waals surface area contributed by atoms with Gasteiger partial charge in [-0.1, -0.05) is 51.7 Å². The minimum absolute atomic E-state index is 0.643. The van der Waals surface area contributed by atoms with Crippen LogP contribution < -0.4 is 0 Å². The van der Waals surface area contributed by atoms with Crippen LogP contribution in [0.2, 0.25) is 0 Å². The molecule has 0 bridgehead atoms. The summed E-state index contributed by atoms with van der Waals surface area (Å²) in [4.78, 5) is 0. The Hall–Kier alpha value is -1.29. The molecule has 1 aromatic carbocycles. The van der Waals surface area contributed by atoms with Gasteiger partial charge in [0, 0.05) is 0 Å². The fourth-order valence-corrected chi connectivity index (χ4v) is 5.79. The zero-order chi connectivity index (χ0) is 19.1. The van der Waals surface area contributed by atoms with Crippen molar-refractivity contribution in [3.05, 3.63) is 35.4 Å². The van der Waals surface area contributed by atoms with Gasteiger partial charge in [0.15, 0.2) is 0 Å². The number of unbranched alkanes of at least 4 members (excludes halogenated alkanes) is 3. The summed E-state index contributed by atoms with van der Waals surface area (Å²) >= 11 is 0. The highest BCUT2D eigenvalue weighted by atomic mass is 14.4. The summed E-state index contributed by atoms with van der Waals surface area (Å²) in [5.41, 5.74) is 2.88. The first kappa shape index (κ1) is 20.4. The van der Waals surface area contributed by atoms with Crippen LogP contribution in [0.15, 0.2) is 24.3 Å². The fourth-order valence-electron chi connectivity index (χ4n) is 5.79. The topological polar surface area (TPSA) is 23.8 Å². The van der Waals surface area contributed by atoms with Crippen molar-refractivity contribution >= 4 is 0 Å². The lowest BCUT2D eigenvalue weighted by Crippen LogP contribution is -2.30. The van der Waals surface area contributed by atoms with Crippen molar-refractivity contribution in [1.29, 1.82) is 5.26 Å². The standard InChI is InChI=1S/C26H39N/c1-3-4-5-6-17-26(2)18-15-25(16-19-26)24-13-11-23(12-14-24)22-9-7-21(20-27)8-10-22/h7-10,23-25H,3-6,11-19H2,1-2H3. The first-order chi connectivity index (χ1) is 13.1. The Labute approximate surface area is 167 Å². The van der Waals surface area contributed by atoms with E-state index in [4.69, 9.17) is 5.26 Å². The number of hydrogen-bond donors (Lipinski definition) is 0. The zero-order valence-electron chi connectivity index (χ0n) is 17.7. The number of hydrogen-bond acceptors (Lipinski definition) is 1. The predicted octanol–water partition coefficient (Wildman–Crippen LogP) is 8.00. The normalized spacial score (nSPS) is 31.4. The van der Waals surface area contributed by atoms with Gasteiger partial charge >= 0.3 is 0 Å². The summed E-state index contributed by atoms with van der Waals surface area (Å²) in [6.07, 6.45) is 18.6. The van der Waals surface area contributed by atoms with Gasteiger partial charge in [-0.15, -0.1) is 0 Å². The summed E-state index contributed by atoms with van der Waals surface area (Å²) in [5, 5.41) is 8.98. The molecule has 2 fully saturated rings. The molecule has 0 spiro atoms. The molecule has 148 valence electrons. The second-order valence-electron chi connectivity index (χ2n) is 9.80. The van der Waals surface area contributed by atoms with E-state index in [2.05, 4.69) is 32.0 Å². The van der Waals surface area contributed by atoms with Gasteiger partial charge in [-0.05, 0) is 98.7 Å². The summed E-state index contributed by atoms with van der Waals surface area (Å²) in [5.74, 6) is 2.70. The molecule has 1 nitrogen and oxygen atoms in total. The van der Waals surface area contributed by atoms with Crippen molar-refractivity contribution in [2.45, 2.75) is 103 Å². The van der Waals surface area contributed by atoms with Gasteiger partial charge in [0.1, 0.15) is 0 Å². The van der Waals surface area contributed by atoms with E-state index in [1.165, 1.54) is 89.0 Å². The van der Waals surface area contributed by atoms with Gasteiger partial charge in [0.25, 0.3) is 0 Å². The lowest BCUT2D eigenvalue weighted by atomic mass is 9.63. The molecule has 3 rings (SSSR count). The van der Waals surface area contributed by atoms with E-state index in [1.54, 1.807) is 0 Å². The monoisotopic (exact) mass is 365 g/mol. The van der Waals surface area contributed by atoms with Gasteiger partial charge < -0.3 is 0 Å². The van der Waals surface area contributed by atoms with E-state index >= 15 is 0 Å². The Morgan fingerprint density at radius 1 is 0.889 bits per heavy atom. The third-order valence-electron chi connectivity index (χ3n) is 7.82. The molecule has 0 N–H and O–H groups in total. The summed E-state index contributed by atoms with van der Waals surface area (Å²) in [6.45, 7) is 4.87. The van der Waals surface area contributed by atoms with E-state index in [0.717, 1.165) is 23.3 Å². The lowest BCUT2D eigenvalue weighted by Gasteiger charge is -2.42. The minimum atomic E-state index is 0.643. The molecule has 2 aliphatic rings. The van der Waals surface area contributed by atoms with Crippen LogP contribution in [0.4, 0.5) is 0 Å². The maximum atomic E-state index is 8.98. The van der Waals surface area contributed by atoms with Gasteiger partial charge in [0.2, 0.25) is 0 Å². The van der Waals surface area contributed by atoms with Crippen molar-refractivity contribution < 1.29 is 0 Å². The number of benzene rings is 1. The molecule has 0 aliphatic heterocycles. The van der Waals surface area contributed by atoms with E-state index < -0.39 is 0 Å². The van der Waals surface area contributed by atoms with Crippen LogP contribution in [0.3, 0.4) is 0 Å². The highest BCUT2D eigenvalue weighted by Gasteiger charge is 2.35. The largest absolute Gasteiger partial charge is 0.192 e. The van der Waals surface area contributed by atoms with Crippen LogP contribution in [0.1, 0.15) is 114 Å². The number of rotatable bonds is 7. The van der Waals surface area contributed by atoms with E-state index in [1.807, 2.05) is 12.1 Å². The maximum absolute atomic E-state index is 8.98. The predicted molar refractivity (Wildman–Crippen MR) is 115 cm³/mol. The Morgan fingerprint density at radius 3 is 2.11 bits per heavy atom. The second-order valence-corrected chi connectivity index (χ2v) is 9.80. The van der Waals surface area contributed by atoms with Crippen LogP contribution in [-0.4, -0.2) is 0 Å². The van der Waals surface area contributed by atoms with Crippen molar-refractivity contribution in [2.75, 3.05) is 0 Å². The Balaban J connectivity index is 1.42. The molecule has 0 radical (unpaired) electrons. The van der Waals surface area contributed by atoms with Crippen molar-refractivity contribution in [1.82, 2.24) is 0 Å². The SMILES string of the molecule is CCCCCCC1(C)CCC(C2CCC(c3ccc(C#N)cc3)CC2)CC1. The van der Waals surface area contributed by atoms with Crippen LogP contribution >= 0.6 is 0 Å². The molecule has 0 aromatic heterocycles. The van der Waals surface area contributed by atoms with Crippen LogP contribution in [0.5, 0.6) is 0 Å². The molecule has 2 saturated carbocycles. The summed E-state index contributed by atoms with van der Waals surface area (Å²) < 4.78 is 0. The molecule has 1 heteroatoms. The average molecular weight is 366 g/mol. The van der Waals surface area contributed by atoms with Gasteiger partial charge in [-0.25, -0.2) is 0 Å². The first-order valence-electron chi connectivity index (χ1n) is 11.6. The molecular formula is C26H39N. The first-order valence-corrected chi connectivity index (χ1v) is 11.6. The van der Waals surface area contributed by atoms with Crippen LogP contribution in [0.25, 0.3) is 0 Å². The maximum Gasteiger partial charge on any atom is 0.0991 e. The van der Waals surface area contributed by atoms with Gasteiger partial charge in [0.05, 0.1) is 11.6 Å². The van der Waals surface area contributed by atoms with Crippen molar-refractivity contribution in [2.24, 2.45) is 17.3 Å². The molecule has 0 saturated heterocycles. The minimum Gasteiger partial charge on any atom is -0.192 e. The zero-order valence-corrected chi connectivity index (χ0v) is 17.7. The van der Waals surface area contributed by atoms with Gasteiger partial charge in [-0.3, -0.25) is 0 Å². The molecule has 0 heterocycles. The fraction of sp³-hybridized carbons (Fsp3) is 0.731. The highest BCUT2D eigenvalue weighted by molar-refractivity contribution is 5.33. The quantitative estimate of drug-likeness (QED) is 0.449. The molecule has 0 atom stereocenters. The molecule has 27 heavy (non-hydrogen) atoms. The van der Waals surface area contributed by atoms with E-state index in [0.29, 0.717) is 5.41 Å². The third kappa shape index (κ3) is 5.60. The molecule has 0 amide bonds. The van der Waals surface area contributed by atoms with E-state index in [9.17, 15) is 0 Å². The van der Waals surface area contributed by atoms with Crippen LogP contribution in [0, 0.1) is 28.6 Å². The summed E-state index contributed by atoms with van der Waals surface area (Å²) in [7, 11) is 0. The average Bonchev–Trinajstić information content (AvgIpc) is 2.72. The van der Waals surface area contributed by atoms with E-state index in [-0.39, 0.29) is 0 Å². The summed E-state index contributed by atoms with van der Waals surface area (Å²) in [6, 6.07) is 10.6. The molecule has 0 unspecified atom stereocenters. The Kier molecular flexibility index (Phi) is 7.40. The van der Waals surface area contributed by atoms with Crippen molar-refractivity contribution in [3.8, 4) is 6.07 Å². The molecular weight excluding hydrogens is 326 g/mol. The Bertz CT molecular complexity index is 592. The van der Waals surface area contributed by atoms with Crippen LogP contribution in [-0.2, 0) is 0 Å². The Morgan fingerprint density at radius 2 is 1.52 bits per heavy atom. The third-order valence-corrected chi connectivity index (χ3v) is 7.82. The second kappa shape index (κ2) is 9.77. The lowest BCUT2D eigenvalue weighted by molar-refractivity contribution is 0.102. The molecule has 1 aromatic rings. The number of nitrogens with zero attached hydrogens (tertiary/aromatic N) is 1. The smallest absolute Gasteiger partial charge is 0.0991 e. The molecule has 2 aliphatic carbocycles. The van der Waals surface area contributed by atoms with Gasteiger partial charge in [-0.2, -0.15) is 5.26 Å². The highest BCUT2D eigenvalue weighted by Crippen LogP contribution is 2.48. The van der Waals surface area contributed by atoms with Crippen molar-refractivity contribution in [3.63, 3.8) is 0 Å².